The molecule has 2 aliphatic rings. The summed E-state index contributed by atoms with van der Waals surface area (Å²) >= 11 is 0. The molecule has 1 aromatic carbocycles. The maximum Gasteiger partial charge on any atom is 0.322 e. The molecule has 1 N–H and O–H groups in total. The number of rotatable bonds is 4. The van der Waals surface area contributed by atoms with Crippen molar-refractivity contribution < 1.29 is 18.3 Å². The Balaban J connectivity index is 1.71. The van der Waals surface area contributed by atoms with Crippen LogP contribution in [-0.4, -0.2) is 40.9 Å². The van der Waals surface area contributed by atoms with Crippen molar-refractivity contribution in [2.75, 3.05) is 0 Å². The van der Waals surface area contributed by atoms with Gasteiger partial charge in [-0.25, -0.2) is 8.42 Å². The van der Waals surface area contributed by atoms with Crippen molar-refractivity contribution in [1.82, 2.24) is 9.29 Å². The van der Waals surface area contributed by atoms with Crippen LogP contribution in [0.25, 0.3) is 10.9 Å². The molecule has 2 fully saturated rings. The molecule has 4 rings (SSSR count). The molecule has 26 heavy (non-hydrogen) atoms. The van der Waals surface area contributed by atoms with Crippen LogP contribution in [0.2, 0.25) is 0 Å². The first kappa shape index (κ1) is 17.4. The standard InChI is InChI=1S/C19H22N2O4S/c22-19(23)17-11-14-5-1-2-9-16(14)21(17)26(24,25)12-15-7-3-6-13-8-4-10-20-18(13)15/h3-4,6-8,10,14,16-17H,1-2,5,9,11-12H2,(H,22,23). The van der Waals surface area contributed by atoms with Crippen LogP contribution in [0, 0.1) is 5.92 Å². The lowest BCUT2D eigenvalue weighted by Crippen LogP contribution is -2.46. The van der Waals surface area contributed by atoms with Crippen LogP contribution in [0.4, 0.5) is 0 Å². The molecule has 2 aromatic rings. The number of sulfonamides is 1. The molecule has 6 nitrogen and oxygen atoms in total. The molecule has 0 spiro atoms. The summed E-state index contributed by atoms with van der Waals surface area (Å²) < 4.78 is 27.8. The zero-order chi connectivity index (χ0) is 18.3. The van der Waals surface area contributed by atoms with Crippen molar-refractivity contribution in [3.63, 3.8) is 0 Å². The van der Waals surface area contributed by atoms with E-state index in [1.807, 2.05) is 24.3 Å². The van der Waals surface area contributed by atoms with Crippen molar-refractivity contribution in [3.05, 3.63) is 42.1 Å². The summed E-state index contributed by atoms with van der Waals surface area (Å²) in [4.78, 5) is 16.1. The van der Waals surface area contributed by atoms with E-state index < -0.39 is 22.0 Å². The molecular weight excluding hydrogens is 352 g/mol. The van der Waals surface area contributed by atoms with E-state index in [-0.39, 0.29) is 17.7 Å². The first-order valence-electron chi connectivity index (χ1n) is 9.04. The Morgan fingerprint density at radius 3 is 2.77 bits per heavy atom. The van der Waals surface area contributed by atoms with Crippen LogP contribution in [0.5, 0.6) is 0 Å². The number of hydrogen-bond donors (Lipinski definition) is 1. The number of carbonyl (C=O) groups is 1. The van der Waals surface area contributed by atoms with Gasteiger partial charge in [0, 0.05) is 17.6 Å². The fourth-order valence-corrected chi connectivity index (χ4v) is 6.61. The van der Waals surface area contributed by atoms with Gasteiger partial charge in [-0.2, -0.15) is 4.31 Å². The lowest BCUT2D eigenvalue weighted by Gasteiger charge is -2.32. The van der Waals surface area contributed by atoms with Crippen molar-refractivity contribution in [2.24, 2.45) is 5.92 Å². The number of hydrogen-bond acceptors (Lipinski definition) is 4. The summed E-state index contributed by atoms with van der Waals surface area (Å²) in [5, 5.41) is 10.5. The van der Waals surface area contributed by atoms with Gasteiger partial charge in [0.1, 0.15) is 6.04 Å². The van der Waals surface area contributed by atoms with E-state index in [2.05, 4.69) is 4.98 Å². The third kappa shape index (κ3) is 2.99. The van der Waals surface area contributed by atoms with Gasteiger partial charge in [0.25, 0.3) is 0 Å². The van der Waals surface area contributed by atoms with Gasteiger partial charge in [-0.05, 0) is 36.8 Å². The number of carboxylic acid groups (broad SMARTS) is 1. The van der Waals surface area contributed by atoms with Crippen LogP contribution in [0.1, 0.15) is 37.7 Å². The van der Waals surface area contributed by atoms with Gasteiger partial charge in [0.15, 0.2) is 0 Å². The second-order valence-electron chi connectivity index (χ2n) is 7.28. The zero-order valence-electron chi connectivity index (χ0n) is 14.4. The number of benzene rings is 1. The summed E-state index contributed by atoms with van der Waals surface area (Å²) in [6.45, 7) is 0. The molecular formula is C19H22N2O4S. The third-order valence-corrected chi connectivity index (χ3v) is 7.53. The van der Waals surface area contributed by atoms with E-state index in [1.165, 1.54) is 4.31 Å². The summed E-state index contributed by atoms with van der Waals surface area (Å²) in [6, 6.07) is 8.05. The number of nitrogens with zero attached hydrogens (tertiary/aromatic N) is 2. The molecule has 138 valence electrons. The fourth-order valence-electron chi connectivity index (χ4n) is 4.58. The minimum absolute atomic E-state index is 0.158. The minimum atomic E-state index is -3.76. The Morgan fingerprint density at radius 1 is 1.19 bits per heavy atom. The van der Waals surface area contributed by atoms with E-state index in [9.17, 15) is 18.3 Å². The maximum absolute atomic E-state index is 13.3. The maximum atomic E-state index is 13.3. The molecule has 1 aliphatic carbocycles. The molecule has 3 unspecified atom stereocenters. The highest BCUT2D eigenvalue weighted by molar-refractivity contribution is 7.88. The largest absolute Gasteiger partial charge is 0.480 e. The average molecular weight is 374 g/mol. The summed E-state index contributed by atoms with van der Waals surface area (Å²) in [5.41, 5.74) is 1.27. The molecule has 2 heterocycles. The monoisotopic (exact) mass is 374 g/mol. The van der Waals surface area contributed by atoms with Crippen LogP contribution in [-0.2, 0) is 20.6 Å². The number of pyridine rings is 1. The first-order valence-corrected chi connectivity index (χ1v) is 10.6. The Labute approximate surface area is 152 Å². The molecule has 7 heteroatoms. The second-order valence-corrected chi connectivity index (χ2v) is 9.15. The Morgan fingerprint density at radius 2 is 1.96 bits per heavy atom. The smallest absolute Gasteiger partial charge is 0.322 e. The highest BCUT2D eigenvalue weighted by atomic mass is 32.2. The van der Waals surface area contributed by atoms with Gasteiger partial charge < -0.3 is 5.11 Å². The van der Waals surface area contributed by atoms with E-state index in [0.29, 0.717) is 17.5 Å². The van der Waals surface area contributed by atoms with E-state index in [4.69, 9.17) is 0 Å². The normalized spacial score (nSPS) is 26.7. The van der Waals surface area contributed by atoms with Gasteiger partial charge in [-0.3, -0.25) is 9.78 Å². The number of para-hydroxylation sites is 1. The van der Waals surface area contributed by atoms with Gasteiger partial charge in [-0.1, -0.05) is 37.1 Å². The zero-order valence-corrected chi connectivity index (χ0v) is 15.2. The summed E-state index contributed by atoms with van der Waals surface area (Å²) in [7, 11) is -3.76. The lowest BCUT2D eigenvalue weighted by molar-refractivity contribution is -0.141. The van der Waals surface area contributed by atoms with Crippen molar-refractivity contribution in [2.45, 2.75) is 49.9 Å². The quantitative estimate of drug-likeness (QED) is 0.889. The lowest BCUT2D eigenvalue weighted by atomic mass is 9.85. The Bertz CT molecular complexity index is 938. The molecule has 1 aliphatic heterocycles. The number of aromatic nitrogens is 1. The van der Waals surface area contributed by atoms with Crippen LogP contribution >= 0.6 is 0 Å². The molecule has 1 aromatic heterocycles. The van der Waals surface area contributed by atoms with Crippen molar-refractivity contribution in [1.29, 1.82) is 0 Å². The summed E-state index contributed by atoms with van der Waals surface area (Å²) in [5.74, 6) is -1.10. The second kappa shape index (κ2) is 6.63. The summed E-state index contributed by atoms with van der Waals surface area (Å²) in [6.07, 6.45) is 5.74. The molecule has 1 saturated carbocycles. The average Bonchev–Trinajstić information content (AvgIpc) is 3.03. The predicted molar refractivity (Wildman–Crippen MR) is 98.0 cm³/mol. The van der Waals surface area contributed by atoms with Gasteiger partial charge >= 0.3 is 5.97 Å². The molecule has 0 amide bonds. The minimum Gasteiger partial charge on any atom is -0.480 e. The van der Waals surface area contributed by atoms with Crippen molar-refractivity contribution in [3.8, 4) is 0 Å². The van der Waals surface area contributed by atoms with Gasteiger partial charge in [0.05, 0.1) is 11.3 Å². The molecule has 0 radical (unpaired) electrons. The third-order valence-electron chi connectivity index (χ3n) is 5.69. The van der Waals surface area contributed by atoms with E-state index >= 15 is 0 Å². The Hall–Kier alpha value is -1.99. The number of fused-ring (bicyclic) bond motifs is 2. The highest BCUT2D eigenvalue weighted by Gasteiger charge is 2.50. The van der Waals surface area contributed by atoms with Crippen LogP contribution < -0.4 is 0 Å². The first-order chi connectivity index (χ1) is 12.5. The molecule has 1 saturated heterocycles. The van der Waals surface area contributed by atoms with Crippen LogP contribution in [0.15, 0.2) is 36.5 Å². The van der Waals surface area contributed by atoms with Gasteiger partial charge in [0.2, 0.25) is 10.0 Å². The van der Waals surface area contributed by atoms with E-state index in [1.54, 1.807) is 12.3 Å². The number of carboxylic acids is 1. The Kier molecular flexibility index (Phi) is 4.44. The van der Waals surface area contributed by atoms with Crippen LogP contribution in [0.3, 0.4) is 0 Å². The molecule has 0 bridgehead atoms. The number of aliphatic carboxylic acids is 1. The molecule has 3 atom stereocenters. The van der Waals surface area contributed by atoms with Gasteiger partial charge in [-0.15, -0.1) is 0 Å². The van der Waals surface area contributed by atoms with Crippen molar-refractivity contribution >= 4 is 26.9 Å². The fraction of sp³-hybridized carbons (Fsp3) is 0.474. The predicted octanol–water partition coefficient (Wildman–Crippen LogP) is 2.78. The van der Waals surface area contributed by atoms with E-state index in [0.717, 1.165) is 31.1 Å². The highest BCUT2D eigenvalue weighted by Crippen LogP contribution is 2.42. The topological polar surface area (TPSA) is 87.6 Å². The SMILES string of the molecule is O=C(O)C1CC2CCCCC2N1S(=O)(=O)Cc1cccc2cccnc12.